The molecule has 0 unspecified atom stereocenters. The fraction of sp³-hybridized carbons (Fsp3) is 0.600. The summed E-state index contributed by atoms with van der Waals surface area (Å²) < 4.78 is 0.341. The van der Waals surface area contributed by atoms with E-state index >= 15 is 0 Å². The molecule has 0 heterocycles. The van der Waals surface area contributed by atoms with Crippen molar-refractivity contribution in [3.8, 4) is 0 Å². The highest BCUT2D eigenvalue weighted by Crippen LogP contribution is 2.24. The van der Waals surface area contributed by atoms with E-state index in [1.807, 2.05) is 23.9 Å². The summed E-state index contributed by atoms with van der Waals surface area (Å²) in [5.41, 5.74) is 7.95. The minimum absolute atomic E-state index is 0.341. The van der Waals surface area contributed by atoms with Gasteiger partial charge in [-0.2, -0.15) is 11.8 Å². The Kier molecular flexibility index (Phi) is 5.86. The van der Waals surface area contributed by atoms with Crippen molar-refractivity contribution in [3.63, 3.8) is 0 Å². The van der Waals surface area contributed by atoms with Gasteiger partial charge in [0, 0.05) is 35.0 Å². The summed E-state index contributed by atoms with van der Waals surface area (Å²) >= 11 is 2.01. The van der Waals surface area contributed by atoms with Crippen molar-refractivity contribution >= 4 is 23.1 Å². The van der Waals surface area contributed by atoms with Crippen LogP contribution in [0.2, 0.25) is 0 Å². The number of anilines is 2. The lowest BCUT2D eigenvalue weighted by Crippen LogP contribution is -2.27. The van der Waals surface area contributed by atoms with Crippen molar-refractivity contribution in [2.75, 3.05) is 29.5 Å². The Morgan fingerprint density at radius 2 is 1.94 bits per heavy atom. The zero-order valence-corrected chi connectivity index (χ0v) is 12.9. The molecule has 0 aliphatic rings. The van der Waals surface area contributed by atoms with Crippen LogP contribution in [0.15, 0.2) is 24.3 Å². The summed E-state index contributed by atoms with van der Waals surface area (Å²) in [5.74, 6) is 1.15. The summed E-state index contributed by atoms with van der Waals surface area (Å²) in [6.07, 6.45) is 1.16. The fourth-order valence-electron chi connectivity index (χ4n) is 1.82. The van der Waals surface area contributed by atoms with Crippen molar-refractivity contribution in [2.45, 2.75) is 38.9 Å². The zero-order valence-electron chi connectivity index (χ0n) is 12.1. The standard InChI is InChI=1S/C15H26N2S/c1-5-9-17(10-11-18-15(2,3)4)14-8-6-7-13(16)12-14/h6-8,12H,5,9-11,16H2,1-4H3. The molecule has 0 bridgehead atoms. The van der Waals surface area contributed by atoms with Gasteiger partial charge in [0.25, 0.3) is 0 Å². The lowest BCUT2D eigenvalue weighted by molar-refractivity contribution is 0.779. The molecule has 0 aromatic heterocycles. The van der Waals surface area contributed by atoms with Crippen LogP contribution in [0.1, 0.15) is 34.1 Å². The molecule has 3 heteroatoms. The molecule has 0 spiro atoms. The van der Waals surface area contributed by atoms with E-state index in [0.29, 0.717) is 4.75 Å². The third-order valence-electron chi connectivity index (χ3n) is 2.63. The highest BCUT2D eigenvalue weighted by atomic mass is 32.2. The molecule has 0 radical (unpaired) electrons. The third kappa shape index (κ3) is 5.67. The monoisotopic (exact) mass is 266 g/mol. The van der Waals surface area contributed by atoms with Crippen molar-refractivity contribution in [1.82, 2.24) is 0 Å². The van der Waals surface area contributed by atoms with Gasteiger partial charge >= 0.3 is 0 Å². The van der Waals surface area contributed by atoms with Crippen LogP contribution < -0.4 is 10.6 Å². The first-order valence-corrected chi connectivity index (χ1v) is 7.65. The van der Waals surface area contributed by atoms with Crippen molar-refractivity contribution in [2.24, 2.45) is 0 Å². The topological polar surface area (TPSA) is 29.3 Å². The summed E-state index contributed by atoms with van der Waals surface area (Å²) in [6, 6.07) is 8.19. The van der Waals surface area contributed by atoms with Gasteiger partial charge in [0.2, 0.25) is 0 Å². The van der Waals surface area contributed by atoms with Crippen LogP contribution in [0.4, 0.5) is 11.4 Å². The first-order valence-electron chi connectivity index (χ1n) is 6.67. The van der Waals surface area contributed by atoms with Crippen LogP contribution in [0.5, 0.6) is 0 Å². The molecule has 1 rings (SSSR count). The number of nitrogen functional groups attached to an aromatic ring is 1. The summed E-state index contributed by atoms with van der Waals surface area (Å²) in [7, 11) is 0. The predicted octanol–water partition coefficient (Wildman–Crippen LogP) is 4.02. The van der Waals surface area contributed by atoms with Gasteiger partial charge < -0.3 is 10.6 Å². The van der Waals surface area contributed by atoms with Gasteiger partial charge in [-0.05, 0) is 24.6 Å². The van der Waals surface area contributed by atoms with Gasteiger partial charge in [-0.15, -0.1) is 0 Å². The molecule has 18 heavy (non-hydrogen) atoms. The van der Waals surface area contributed by atoms with Gasteiger partial charge in [-0.1, -0.05) is 33.8 Å². The second-order valence-corrected chi connectivity index (χ2v) is 7.46. The largest absolute Gasteiger partial charge is 0.399 e. The number of hydrogen-bond donors (Lipinski definition) is 1. The van der Waals surface area contributed by atoms with Crippen LogP contribution in [-0.2, 0) is 0 Å². The maximum Gasteiger partial charge on any atom is 0.0387 e. The van der Waals surface area contributed by atoms with Crippen LogP contribution in [0.25, 0.3) is 0 Å². The lowest BCUT2D eigenvalue weighted by atomic mass is 10.2. The molecule has 102 valence electrons. The summed E-state index contributed by atoms with van der Waals surface area (Å²) in [6.45, 7) is 11.2. The van der Waals surface area contributed by atoms with Crippen LogP contribution in [-0.4, -0.2) is 23.6 Å². The lowest BCUT2D eigenvalue weighted by Gasteiger charge is -2.26. The Morgan fingerprint density at radius 3 is 2.50 bits per heavy atom. The Bertz CT molecular complexity index is 358. The maximum absolute atomic E-state index is 5.86. The van der Waals surface area contributed by atoms with Gasteiger partial charge in [-0.25, -0.2) is 0 Å². The second-order valence-electron chi connectivity index (χ2n) is 5.54. The van der Waals surface area contributed by atoms with Gasteiger partial charge in [0.05, 0.1) is 0 Å². The first-order chi connectivity index (χ1) is 8.42. The quantitative estimate of drug-likeness (QED) is 0.789. The second kappa shape index (κ2) is 6.93. The number of benzene rings is 1. The summed E-state index contributed by atoms with van der Waals surface area (Å²) in [4.78, 5) is 2.43. The van der Waals surface area contributed by atoms with E-state index < -0.39 is 0 Å². The Balaban J connectivity index is 2.60. The Hall–Kier alpha value is -0.830. The third-order valence-corrected chi connectivity index (χ3v) is 3.88. The number of hydrogen-bond acceptors (Lipinski definition) is 3. The van der Waals surface area contributed by atoms with Crippen molar-refractivity contribution in [3.05, 3.63) is 24.3 Å². The minimum atomic E-state index is 0.341. The number of thioether (sulfide) groups is 1. The highest BCUT2D eigenvalue weighted by Gasteiger charge is 2.12. The molecule has 2 N–H and O–H groups in total. The number of nitrogens with two attached hydrogens (primary N) is 1. The molecule has 1 aromatic rings. The molecular weight excluding hydrogens is 240 g/mol. The van der Waals surface area contributed by atoms with Crippen LogP contribution in [0.3, 0.4) is 0 Å². The van der Waals surface area contributed by atoms with E-state index in [2.05, 4.69) is 44.7 Å². The predicted molar refractivity (Wildman–Crippen MR) is 85.6 cm³/mol. The molecule has 0 aliphatic heterocycles. The summed E-state index contributed by atoms with van der Waals surface area (Å²) in [5, 5.41) is 0. The Morgan fingerprint density at radius 1 is 1.22 bits per heavy atom. The molecule has 2 nitrogen and oxygen atoms in total. The Labute approximate surface area is 116 Å². The molecule has 0 atom stereocenters. The van der Waals surface area contributed by atoms with E-state index in [1.165, 1.54) is 5.69 Å². The normalized spacial score (nSPS) is 11.6. The fourth-order valence-corrected chi connectivity index (χ4v) is 2.75. The van der Waals surface area contributed by atoms with E-state index in [1.54, 1.807) is 0 Å². The SMILES string of the molecule is CCCN(CCSC(C)(C)C)c1cccc(N)c1. The van der Waals surface area contributed by atoms with Crippen LogP contribution >= 0.6 is 11.8 Å². The van der Waals surface area contributed by atoms with E-state index in [9.17, 15) is 0 Å². The maximum atomic E-state index is 5.86. The average Bonchev–Trinajstić information content (AvgIpc) is 2.26. The van der Waals surface area contributed by atoms with Crippen LogP contribution in [0, 0.1) is 0 Å². The molecule has 0 saturated heterocycles. The molecule has 0 saturated carbocycles. The number of rotatable bonds is 6. The van der Waals surface area contributed by atoms with E-state index in [-0.39, 0.29) is 0 Å². The van der Waals surface area contributed by atoms with Gasteiger partial charge in [-0.3, -0.25) is 0 Å². The molecule has 1 aromatic carbocycles. The molecule has 0 aliphatic carbocycles. The highest BCUT2D eigenvalue weighted by molar-refractivity contribution is 8.00. The van der Waals surface area contributed by atoms with E-state index in [4.69, 9.17) is 5.73 Å². The van der Waals surface area contributed by atoms with E-state index in [0.717, 1.165) is 31.0 Å². The van der Waals surface area contributed by atoms with Gasteiger partial charge in [0.1, 0.15) is 0 Å². The first kappa shape index (κ1) is 15.2. The minimum Gasteiger partial charge on any atom is -0.399 e. The molecule has 0 fully saturated rings. The number of nitrogens with zero attached hydrogens (tertiary/aromatic N) is 1. The molecular formula is C15H26N2S. The molecule has 0 amide bonds. The van der Waals surface area contributed by atoms with Gasteiger partial charge in [0.15, 0.2) is 0 Å². The zero-order chi connectivity index (χ0) is 13.6. The van der Waals surface area contributed by atoms with Crippen molar-refractivity contribution < 1.29 is 0 Å². The smallest absolute Gasteiger partial charge is 0.0387 e. The van der Waals surface area contributed by atoms with Crippen molar-refractivity contribution in [1.29, 1.82) is 0 Å². The average molecular weight is 266 g/mol.